The number of nitrogens with zero attached hydrogens (tertiary/aromatic N) is 2. The molecule has 0 aliphatic rings. The number of anilines is 2. The molecule has 1 heterocycles. The summed E-state index contributed by atoms with van der Waals surface area (Å²) in [4.78, 5) is 15.7. The van der Waals surface area contributed by atoms with Crippen molar-refractivity contribution in [1.29, 1.82) is 0 Å². The van der Waals surface area contributed by atoms with E-state index in [0.717, 1.165) is 34.9 Å². The normalized spacial score (nSPS) is 12.1. The fraction of sp³-hybridized carbons (Fsp3) is 0.158. The summed E-state index contributed by atoms with van der Waals surface area (Å²) >= 11 is 0. The first-order valence-electron chi connectivity index (χ1n) is 8.32. The Balaban J connectivity index is 2.13. The van der Waals surface area contributed by atoms with E-state index in [1.807, 2.05) is 0 Å². The van der Waals surface area contributed by atoms with Gasteiger partial charge in [-0.05, 0) is 29.8 Å². The molecule has 1 N–H and O–H groups in total. The van der Waals surface area contributed by atoms with Gasteiger partial charge >= 0.3 is 12.4 Å². The number of nitrogens with one attached hydrogen (secondary N) is 1. The standard InChI is InChI=1S/C19H12F7N3O/c20-12-7-5-11(6-8-12)10-29-16(30)9-15(19(24,25)26)28-17(29)27-14-4-2-1-3-13(14)18(21,22)23/h1-9H,10H2,(H,27,28). The zero-order valence-electron chi connectivity index (χ0n) is 14.9. The van der Waals surface area contributed by atoms with Crippen molar-refractivity contribution in [3.8, 4) is 0 Å². The third-order valence-corrected chi connectivity index (χ3v) is 4.03. The summed E-state index contributed by atoms with van der Waals surface area (Å²) in [5.74, 6) is -1.31. The number of halogens is 7. The Hall–Kier alpha value is -3.37. The van der Waals surface area contributed by atoms with Crippen LogP contribution in [0.1, 0.15) is 16.8 Å². The Morgan fingerprint density at radius 1 is 0.900 bits per heavy atom. The van der Waals surface area contributed by atoms with Crippen molar-refractivity contribution in [2.75, 3.05) is 5.32 Å². The number of benzene rings is 2. The molecule has 1 aromatic heterocycles. The third-order valence-electron chi connectivity index (χ3n) is 4.03. The van der Waals surface area contributed by atoms with Crippen molar-refractivity contribution in [2.45, 2.75) is 18.9 Å². The Labute approximate surface area is 164 Å². The van der Waals surface area contributed by atoms with E-state index in [-0.39, 0.29) is 12.6 Å². The summed E-state index contributed by atoms with van der Waals surface area (Å²) in [6.07, 6.45) is -9.79. The average molecular weight is 431 g/mol. The van der Waals surface area contributed by atoms with Crippen molar-refractivity contribution >= 4 is 11.6 Å². The summed E-state index contributed by atoms with van der Waals surface area (Å²) < 4.78 is 92.8. The van der Waals surface area contributed by atoms with E-state index in [9.17, 15) is 35.5 Å². The third kappa shape index (κ3) is 4.78. The van der Waals surface area contributed by atoms with Gasteiger partial charge in [0.2, 0.25) is 5.95 Å². The van der Waals surface area contributed by atoms with Gasteiger partial charge in [-0.15, -0.1) is 0 Å². The van der Waals surface area contributed by atoms with Crippen LogP contribution >= 0.6 is 0 Å². The van der Waals surface area contributed by atoms with Gasteiger partial charge in [-0.3, -0.25) is 9.36 Å². The molecule has 0 aliphatic carbocycles. The maximum Gasteiger partial charge on any atom is 0.433 e. The van der Waals surface area contributed by atoms with Gasteiger partial charge in [0.05, 0.1) is 17.8 Å². The molecule has 0 radical (unpaired) electrons. The quantitative estimate of drug-likeness (QED) is 0.577. The molecule has 0 saturated carbocycles. The number of aromatic nitrogens is 2. The molecule has 30 heavy (non-hydrogen) atoms. The van der Waals surface area contributed by atoms with Crippen LogP contribution in [0.4, 0.5) is 42.4 Å². The lowest BCUT2D eigenvalue weighted by Crippen LogP contribution is -2.27. The van der Waals surface area contributed by atoms with E-state index in [2.05, 4.69) is 10.3 Å². The second-order valence-electron chi connectivity index (χ2n) is 6.18. The summed E-state index contributed by atoms with van der Waals surface area (Å²) in [5.41, 5.74) is -4.11. The van der Waals surface area contributed by atoms with Crippen LogP contribution in [0, 0.1) is 5.82 Å². The van der Waals surface area contributed by atoms with Crippen molar-refractivity contribution in [3.63, 3.8) is 0 Å². The topological polar surface area (TPSA) is 46.9 Å². The van der Waals surface area contributed by atoms with Crippen LogP contribution in [-0.2, 0) is 18.9 Å². The smallest absolute Gasteiger partial charge is 0.325 e. The van der Waals surface area contributed by atoms with Gasteiger partial charge in [-0.1, -0.05) is 24.3 Å². The molecule has 3 aromatic rings. The Kier molecular flexibility index (Phi) is 5.55. The van der Waals surface area contributed by atoms with E-state index < -0.39 is 46.6 Å². The number of alkyl halides is 6. The first-order chi connectivity index (χ1) is 13.9. The summed E-state index contributed by atoms with van der Waals surface area (Å²) in [5, 5.41) is 2.19. The second-order valence-corrected chi connectivity index (χ2v) is 6.18. The molecule has 4 nitrogen and oxygen atoms in total. The molecule has 0 fully saturated rings. The van der Waals surface area contributed by atoms with Gasteiger partial charge in [0.15, 0.2) is 5.69 Å². The van der Waals surface area contributed by atoms with Crippen molar-refractivity contribution in [3.05, 3.63) is 87.6 Å². The van der Waals surface area contributed by atoms with Gasteiger partial charge in [0, 0.05) is 6.07 Å². The number of hydrogen-bond acceptors (Lipinski definition) is 3. The Bertz CT molecular complexity index is 1100. The highest BCUT2D eigenvalue weighted by atomic mass is 19.4. The highest BCUT2D eigenvalue weighted by Crippen LogP contribution is 2.36. The van der Waals surface area contributed by atoms with Crippen LogP contribution in [0.2, 0.25) is 0 Å². The number of hydrogen-bond donors (Lipinski definition) is 1. The van der Waals surface area contributed by atoms with Gasteiger partial charge in [0.1, 0.15) is 5.82 Å². The minimum Gasteiger partial charge on any atom is -0.325 e. The molecular weight excluding hydrogens is 419 g/mol. The van der Waals surface area contributed by atoms with Crippen molar-refractivity contribution in [1.82, 2.24) is 9.55 Å². The molecule has 0 spiro atoms. The molecule has 0 unspecified atom stereocenters. The van der Waals surface area contributed by atoms with E-state index in [0.29, 0.717) is 5.56 Å². The lowest BCUT2D eigenvalue weighted by molar-refractivity contribution is -0.141. The van der Waals surface area contributed by atoms with Crippen molar-refractivity contribution < 1.29 is 30.7 Å². The zero-order valence-corrected chi connectivity index (χ0v) is 14.9. The lowest BCUT2D eigenvalue weighted by atomic mass is 10.1. The molecule has 3 rings (SSSR count). The minimum atomic E-state index is -4.99. The van der Waals surface area contributed by atoms with Crippen LogP contribution in [0.3, 0.4) is 0 Å². The van der Waals surface area contributed by atoms with Crippen LogP contribution in [0.5, 0.6) is 0 Å². The molecule has 11 heteroatoms. The summed E-state index contributed by atoms with van der Waals surface area (Å²) in [6.45, 7) is -0.346. The van der Waals surface area contributed by atoms with E-state index in [1.54, 1.807) is 0 Å². The Morgan fingerprint density at radius 3 is 2.13 bits per heavy atom. The van der Waals surface area contributed by atoms with Gasteiger partial charge < -0.3 is 5.32 Å². The molecule has 0 atom stereocenters. The van der Waals surface area contributed by atoms with E-state index in [1.165, 1.54) is 18.2 Å². The molecule has 0 bridgehead atoms. The van der Waals surface area contributed by atoms with Gasteiger partial charge in [-0.25, -0.2) is 9.37 Å². The highest BCUT2D eigenvalue weighted by molar-refractivity contribution is 5.60. The first-order valence-corrected chi connectivity index (χ1v) is 8.32. The lowest BCUT2D eigenvalue weighted by Gasteiger charge is -2.18. The molecular formula is C19H12F7N3O. The summed E-state index contributed by atoms with van der Waals surface area (Å²) in [7, 11) is 0. The Morgan fingerprint density at radius 2 is 1.53 bits per heavy atom. The van der Waals surface area contributed by atoms with E-state index in [4.69, 9.17) is 0 Å². The predicted octanol–water partition coefficient (Wildman–Crippen LogP) is 5.21. The highest BCUT2D eigenvalue weighted by Gasteiger charge is 2.36. The summed E-state index contributed by atoms with van der Waals surface area (Å²) in [6, 6.07) is 9.04. The average Bonchev–Trinajstić information content (AvgIpc) is 2.64. The molecule has 0 aliphatic heterocycles. The van der Waals surface area contributed by atoms with E-state index >= 15 is 0 Å². The number of rotatable bonds is 4. The molecule has 2 aromatic carbocycles. The molecule has 0 saturated heterocycles. The SMILES string of the molecule is O=c1cc(C(F)(F)F)nc(Nc2ccccc2C(F)(F)F)n1Cc1ccc(F)cc1. The first kappa shape index (κ1) is 21.3. The minimum absolute atomic E-state index is 0.240. The number of para-hydroxylation sites is 1. The fourth-order valence-corrected chi connectivity index (χ4v) is 2.63. The van der Waals surface area contributed by atoms with Gasteiger partial charge in [-0.2, -0.15) is 26.3 Å². The molecule has 0 amide bonds. The monoisotopic (exact) mass is 431 g/mol. The van der Waals surface area contributed by atoms with Gasteiger partial charge in [0.25, 0.3) is 5.56 Å². The van der Waals surface area contributed by atoms with Crippen LogP contribution in [0.25, 0.3) is 0 Å². The predicted molar refractivity (Wildman–Crippen MR) is 93.7 cm³/mol. The fourth-order valence-electron chi connectivity index (χ4n) is 2.63. The molecule has 158 valence electrons. The largest absolute Gasteiger partial charge is 0.433 e. The van der Waals surface area contributed by atoms with Crippen LogP contribution in [0.15, 0.2) is 59.4 Å². The van der Waals surface area contributed by atoms with Crippen LogP contribution < -0.4 is 10.9 Å². The maximum absolute atomic E-state index is 13.2. The second kappa shape index (κ2) is 7.81. The van der Waals surface area contributed by atoms with Crippen LogP contribution in [-0.4, -0.2) is 9.55 Å². The maximum atomic E-state index is 13.2. The van der Waals surface area contributed by atoms with Crippen molar-refractivity contribution in [2.24, 2.45) is 0 Å². The zero-order chi connectivity index (χ0) is 22.1.